The van der Waals surface area contributed by atoms with Crippen LogP contribution in [-0.2, 0) is 0 Å². The first-order valence-corrected chi connectivity index (χ1v) is 7.43. The highest BCUT2D eigenvalue weighted by Crippen LogP contribution is 2.20. The number of hydrogen-bond donors (Lipinski definition) is 1. The second kappa shape index (κ2) is 9.54. The van der Waals surface area contributed by atoms with E-state index >= 15 is 0 Å². The van der Waals surface area contributed by atoms with Crippen molar-refractivity contribution in [3.05, 3.63) is 0 Å². The van der Waals surface area contributed by atoms with Gasteiger partial charge in [0.25, 0.3) is 0 Å². The van der Waals surface area contributed by atoms with Crippen LogP contribution in [0.5, 0.6) is 0 Å². The van der Waals surface area contributed by atoms with Gasteiger partial charge in [-0.25, -0.2) is 0 Å². The Hall–Kier alpha value is -0.480. The van der Waals surface area contributed by atoms with Crippen LogP contribution in [0.3, 0.4) is 0 Å². The molecule has 0 heterocycles. The molecule has 1 saturated carbocycles. The van der Waals surface area contributed by atoms with Gasteiger partial charge in [0.05, 0.1) is 6.10 Å². The minimum atomic E-state index is -0.0862. The third kappa shape index (κ3) is 7.45. The predicted molar refractivity (Wildman–Crippen MR) is 73.7 cm³/mol. The fraction of sp³-hybridized carbons (Fsp3) is 0.875. The van der Waals surface area contributed by atoms with Crippen LogP contribution in [0.1, 0.15) is 77.6 Å². The molecule has 0 saturated heterocycles. The molecule has 1 aliphatic carbocycles. The van der Waals surface area contributed by atoms with Gasteiger partial charge >= 0.3 is 0 Å². The Morgan fingerprint density at radius 2 is 1.35 bits per heavy atom. The normalized spacial score (nSPS) is 29.1. The Bertz CT molecular complexity index is 236. The summed E-state index contributed by atoms with van der Waals surface area (Å²) in [5, 5.41) is 9.90. The molecule has 0 aromatic rings. The Labute approximate surface area is 107 Å². The average molecular weight is 236 g/mol. The average Bonchev–Trinajstić information content (AvgIpc) is 2.34. The maximum Gasteiger partial charge on any atom is 0.0540 e. The molecular formula is C16H28O. The van der Waals surface area contributed by atoms with E-state index < -0.39 is 0 Å². The first-order chi connectivity index (χ1) is 8.33. The molecule has 1 nitrogen and oxygen atoms in total. The number of aliphatic hydroxyl groups is 1. The van der Waals surface area contributed by atoms with E-state index in [0.29, 0.717) is 5.92 Å². The molecule has 98 valence electrons. The van der Waals surface area contributed by atoms with Gasteiger partial charge in [0.2, 0.25) is 0 Å². The molecule has 1 rings (SSSR count). The monoisotopic (exact) mass is 236 g/mol. The van der Waals surface area contributed by atoms with Gasteiger partial charge in [0.15, 0.2) is 0 Å². The second-order valence-corrected chi connectivity index (χ2v) is 5.37. The van der Waals surface area contributed by atoms with Gasteiger partial charge in [-0.05, 0) is 32.6 Å². The number of aliphatic hydroxyl groups excluding tert-OH is 1. The molecular weight excluding hydrogens is 208 g/mol. The van der Waals surface area contributed by atoms with Gasteiger partial charge in [-0.2, -0.15) is 0 Å². The van der Waals surface area contributed by atoms with Gasteiger partial charge in [-0.1, -0.05) is 44.9 Å². The molecule has 1 aliphatic rings. The van der Waals surface area contributed by atoms with Gasteiger partial charge in [-0.15, -0.1) is 11.8 Å². The molecule has 1 fully saturated rings. The van der Waals surface area contributed by atoms with Crippen LogP contribution in [0, 0.1) is 17.8 Å². The summed E-state index contributed by atoms with van der Waals surface area (Å²) in [6.45, 7) is 1.93. The smallest absolute Gasteiger partial charge is 0.0540 e. The summed E-state index contributed by atoms with van der Waals surface area (Å²) in [6.07, 6.45) is 13.5. The maximum atomic E-state index is 9.90. The Morgan fingerprint density at radius 1 is 0.765 bits per heavy atom. The summed E-state index contributed by atoms with van der Waals surface area (Å²) in [6, 6.07) is 0. The zero-order valence-corrected chi connectivity index (χ0v) is 11.4. The van der Waals surface area contributed by atoms with Crippen LogP contribution in [0.2, 0.25) is 0 Å². The minimum Gasteiger partial charge on any atom is -0.393 e. The molecule has 0 aromatic heterocycles. The van der Waals surface area contributed by atoms with Crippen molar-refractivity contribution in [2.24, 2.45) is 5.92 Å². The molecule has 0 aromatic carbocycles. The summed E-state index contributed by atoms with van der Waals surface area (Å²) in [4.78, 5) is 0. The first kappa shape index (κ1) is 14.6. The predicted octanol–water partition coefficient (Wildman–Crippen LogP) is 4.29. The van der Waals surface area contributed by atoms with Crippen molar-refractivity contribution in [1.29, 1.82) is 0 Å². The summed E-state index contributed by atoms with van der Waals surface area (Å²) >= 11 is 0. The summed E-state index contributed by atoms with van der Waals surface area (Å²) < 4.78 is 0. The third-order valence-electron chi connectivity index (χ3n) is 3.79. The molecule has 2 atom stereocenters. The number of rotatable bonds is 0. The highest BCUT2D eigenvalue weighted by Gasteiger charge is 2.10. The van der Waals surface area contributed by atoms with Crippen molar-refractivity contribution in [2.45, 2.75) is 83.7 Å². The molecule has 1 N–H and O–H groups in total. The van der Waals surface area contributed by atoms with Crippen LogP contribution >= 0.6 is 0 Å². The van der Waals surface area contributed by atoms with E-state index in [0.717, 1.165) is 19.3 Å². The van der Waals surface area contributed by atoms with Gasteiger partial charge < -0.3 is 5.11 Å². The van der Waals surface area contributed by atoms with E-state index in [1.807, 2.05) is 6.92 Å². The fourth-order valence-corrected chi connectivity index (χ4v) is 2.69. The van der Waals surface area contributed by atoms with Crippen molar-refractivity contribution >= 4 is 0 Å². The Morgan fingerprint density at radius 3 is 2.00 bits per heavy atom. The highest BCUT2D eigenvalue weighted by atomic mass is 16.3. The lowest BCUT2D eigenvalue weighted by atomic mass is 9.94. The fourth-order valence-electron chi connectivity index (χ4n) is 2.69. The SMILES string of the molecule is CC#CC1CCCCCCCCCC(O)CC1. The Kier molecular flexibility index (Phi) is 8.18. The highest BCUT2D eigenvalue weighted by molar-refractivity contribution is 5.00. The molecule has 0 amide bonds. The van der Waals surface area contributed by atoms with E-state index in [1.165, 1.54) is 51.4 Å². The van der Waals surface area contributed by atoms with Crippen LogP contribution in [0.25, 0.3) is 0 Å². The van der Waals surface area contributed by atoms with Crippen LogP contribution in [0.15, 0.2) is 0 Å². The first-order valence-electron chi connectivity index (χ1n) is 7.43. The maximum absolute atomic E-state index is 9.90. The molecule has 1 heteroatoms. The quantitative estimate of drug-likeness (QED) is 0.622. The molecule has 0 radical (unpaired) electrons. The summed E-state index contributed by atoms with van der Waals surface area (Å²) in [5.41, 5.74) is 0. The zero-order chi connectivity index (χ0) is 12.3. The molecule has 0 spiro atoms. The zero-order valence-electron chi connectivity index (χ0n) is 11.4. The van der Waals surface area contributed by atoms with Gasteiger partial charge in [0, 0.05) is 5.92 Å². The van der Waals surface area contributed by atoms with E-state index in [9.17, 15) is 5.11 Å². The minimum absolute atomic E-state index is 0.0862. The lowest BCUT2D eigenvalue weighted by molar-refractivity contribution is 0.144. The lowest BCUT2D eigenvalue weighted by Crippen LogP contribution is -2.09. The topological polar surface area (TPSA) is 20.2 Å². The van der Waals surface area contributed by atoms with Crippen LogP contribution in [-0.4, -0.2) is 11.2 Å². The van der Waals surface area contributed by atoms with E-state index in [1.54, 1.807) is 0 Å². The van der Waals surface area contributed by atoms with Crippen LogP contribution < -0.4 is 0 Å². The van der Waals surface area contributed by atoms with Gasteiger partial charge in [0.1, 0.15) is 0 Å². The van der Waals surface area contributed by atoms with Crippen molar-refractivity contribution in [1.82, 2.24) is 0 Å². The van der Waals surface area contributed by atoms with Crippen LogP contribution in [0.4, 0.5) is 0 Å². The summed E-state index contributed by atoms with van der Waals surface area (Å²) in [5.74, 6) is 6.88. The third-order valence-corrected chi connectivity index (χ3v) is 3.79. The largest absolute Gasteiger partial charge is 0.393 e. The van der Waals surface area contributed by atoms with E-state index in [4.69, 9.17) is 0 Å². The van der Waals surface area contributed by atoms with Crippen molar-refractivity contribution in [2.75, 3.05) is 0 Å². The molecule has 2 unspecified atom stereocenters. The summed E-state index contributed by atoms with van der Waals surface area (Å²) in [7, 11) is 0. The standard InChI is InChI=1S/C16H28O/c1-2-10-15-11-8-6-4-3-5-7-9-12-16(17)14-13-15/h15-17H,3-9,11-14H2,1H3. The Balaban J connectivity index is 2.38. The second-order valence-electron chi connectivity index (χ2n) is 5.37. The van der Waals surface area contributed by atoms with Gasteiger partial charge in [-0.3, -0.25) is 0 Å². The molecule has 0 aliphatic heterocycles. The van der Waals surface area contributed by atoms with E-state index in [2.05, 4.69) is 11.8 Å². The lowest BCUT2D eigenvalue weighted by Gasteiger charge is -2.13. The van der Waals surface area contributed by atoms with Crippen molar-refractivity contribution < 1.29 is 5.11 Å². The molecule has 17 heavy (non-hydrogen) atoms. The van der Waals surface area contributed by atoms with Crippen molar-refractivity contribution in [3.63, 3.8) is 0 Å². The van der Waals surface area contributed by atoms with E-state index in [-0.39, 0.29) is 6.10 Å². The number of hydrogen-bond acceptors (Lipinski definition) is 1. The van der Waals surface area contributed by atoms with Crippen molar-refractivity contribution in [3.8, 4) is 11.8 Å². The molecule has 0 bridgehead atoms.